The Hall–Kier alpha value is -3.34. The number of phenols is 1. The molecule has 5 nitrogen and oxygen atoms in total. The van der Waals surface area contributed by atoms with Crippen LogP contribution in [0.1, 0.15) is 37.5 Å². The SMILES string of the molecule is CC(C)(C)c1cc(/C=C/c2ccc(N)cc2)c(O)c(-c2ncc[nH]c2=O)c1. The number of anilines is 1. The number of hydrogen-bond donors (Lipinski definition) is 3. The van der Waals surface area contributed by atoms with Crippen molar-refractivity contribution in [3.63, 3.8) is 0 Å². The standard InChI is InChI=1S/C22H23N3O2/c1-22(2,3)16-12-15(7-4-14-5-8-17(23)9-6-14)20(26)18(13-16)19-21(27)25-11-10-24-19/h4-13,26H,23H2,1-3H3,(H,25,27)/b7-4+. The van der Waals surface area contributed by atoms with Gasteiger partial charge in [-0.15, -0.1) is 0 Å². The molecule has 0 atom stereocenters. The van der Waals surface area contributed by atoms with Crippen molar-refractivity contribution in [2.45, 2.75) is 26.2 Å². The molecule has 0 bridgehead atoms. The topological polar surface area (TPSA) is 92.0 Å². The molecular formula is C22H23N3O2. The Morgan fingerprint density at radius 3 is 2.44 bits per heavy atom. The van der Waals surface area contributed by atoms with Crippen LogP contribution in [0.3, 0.4) is 0 Å². The van der Waals surface area contributed by atoms with E-state index in [1.165, 1.54) is 12.4 Å². The molecule has 3 rings (SSSR count). The predicted octanol–water partition coefficient (Wildman–Crippen LogP) is 4.19. The lowest BCUT2D eigenvalue weighted by atomic mass is 9.84. The average Bonchev–Trinajstić information content (AvgIpc) is 2.62. The number of aromatic amines is 1. The second-order valence-electron chi connectivity index (χ2n) is 7.48. The molecule has 0 unspecified atom stereocenters. The van der Waals surface area contributed by atoms with Gasteiger partial charge >= 0.3 is 0 Å². The van der Waals surface area contributed by atoms with E-state index in [-0.39, 0.29) is 22.4 Å². The molecule has 5 heteroatoms. The zero-order chi connectivity index (χ0) is 19.6. The van der Waals surface area contributed by atoms with Gasteiger partial charge < -0.3 is 15.8 Å². The molecule has 0 saturated carbocycles. The molecule has 1 heterocycles. The summed E-state index contributed by atoms with van der Waals surface area (Å²) in [7, 11) is 0. The Labute approximate surface area is 158 Å². The molecule has 2 aromatic carbocycles. The molecule has 0 amide bonds. The third-order valence-electron chi connectivity index (χ3n) is 4.36. The first-order valence-corrected chi connectivity index (χ1v) is 8.71. The molecule has 0 aliphatic carbocycles. The van der Waals surface area contributed by atoms with E-state index < -0.39 is 0 Å². The van der Waals surface area contributed by atoms with Crippen LogP contribution in [0.4, 0.5) is 5.69 Å². The van der Waals surface area contributed by atoms with E-state index in [4.69, 9.17) is 5.73 Å². The van der Waals surface area contributed by atoms with E-state index >= 15 is 0 Å². The highest BCUT2D eigenvalue weighted by atomic mass is 16.3. The first-order chi connectivity index (χ1) is 12.8. The fraction of sp³-hybridized carbons (Fsp3) is 0.182. The molecule has 138 valence electrons. The molecule has 0 spiro atoms. The number of H-pyrrole nitrogens is 1. The van der Waals surface area contributed by atoms with Crippen molar-refractivity contribution < 1.29 is 5.11 Å². The van der Waals surface area contributed by atoms with E-state index in [0.717, 1.165) is 11.1 Å². The Morgan fingerprint density at radius 1 is 1.11 bits per heavy atom. The maximum absolute atomic E-state index is 12.2. The summed E-state index contributed by atoms with van der Waals surface area (Å²) < 4.78 is 0. The molecule has 27 heavy (non-hydrogen) atoms. The highest BCUT2D eigenvalue weighted by Gasteiger charge is 2.20. The summed E-state index contributed by atoms with van der Waals surface area (Å²) in [5.41, 5.74) is 9.11. The van der Waals surface area contributed by atoms with Gasteiger partial charge in [-0.25, -0.2) is 4.98 Å². The van der Waals surface area contributed by atoms with Crippen molar-refractivity contribution in [3.05, 3.63) is 75.8 Å². The van der Waals surface area contributed by atoms with Gasteiger partial charge in [0.05, 0.1) is 0 Å². The van der Waals surface area contributed by atoms with Crippen LogP contribution >= 0.6 is 0 Å². The lowest BCUT2D eigenvalue weighted by Gasteiger charge is -2.21. The van der Waals surface area contributed by atoms with E-state index in [9.17, 15) is 9.90 Å². The molecule has 0 aliphatic heterocycles. The third-order valence-corrected chi connectivity index (χ3v) is 4.36. The molecule has 0 saturated heterocycles. The second-order valence-corrected chi connectivity index (χ2v) is 7.48. The van der Waals surface area contributed by atoms with Crippen LogP contribution in [0.25, 0.3) is 23.4 Å². The zero-order valence-electron chi connectivity index (χ0n) is 15.7. The summed E-state index contributed by atoms with van der Waals surface area (Å²) in [6, 6.07) is 11.2. The van der Waals surface area contributed by atoms with Crippen LogP contribution < -0.4 is 11.3 Å². The Morgan fingerprint density at radius 2 is 1.81 bits per heavy atom. The maximum atomic E-state index is 12.2. The van der Waals surface area contributed by atoms with Gasteiger partial charge in [0, 0.05) is 29.2 Å². The van der Waals surface area contributed by atoms with Crippen molar-refractivity contribution in [1.82, 2.24) is 9.97 Å². The third kappa shape index (κ3) is 4.08. The minimum Gasteiger partial charge on any atom is -0.507 e. The number of phenolic OH excluding ortho intramolecular Hbond substituents is 1. The fourth-order valence-corrected chi connectivity index (χ4v) is 2.73. The molecule has 3 aromatic rings. The highest BCUT2D eigenvalue weighted by Crippen LogP contribution is 2.36. The van der Waals surface area contributed by atoms with Gasteiger partial charge in [-0.05, 0) is 40.8 Å². The predicted molar refractivity (Wildman–Crippen MR) is 110 cm³/mol. The van der Waals surface area contributed by atoms with Crippen molar-refractivity contribution in [2.75, 3.05) is 5.73 Å². The first-order valence-electron chi connectivity index (χ1n) is 8.71. The Bertz CT molecular complexity index is 1040. The number of aromatic nitrogens is 2. The number of hydrogen-bond acceptors (Lipinski definition) is 4. The molecule has 1 aromatic heterocycles. The minimum absolute atomic E-state index is 0.0268. The summed E-state index contributed by atoms with van der Waals surface area (Å²) in [4.78, 5) is 19.0. The van der Waals surface area contributed by atoms with E-state index in [2.05, 4.69) is 30.7 Å². The number of benzene rings is 2. The Kier molecular flexibility index (Phi) is 4.86. The lowest BCUT2D eigenvalue weighted by Crippen LogP contribution is -2.14. The molecule has 0 aliphatic rings. The number of rotatable bonds is 3. The van der Waals surface area contributed by atoms with Gasteiger partial charge in [0.15, 0.2) is 0 Å². The van der Waals surface area contributed by atoms with E-state index in [1.54, 1.807) is 0 Å². The number of nitrogens with zero attached hydrogens (tertiary/aromatic N) is 1. The number of nitrogens with two attached hydrogens (primary N) is 1. The number of aromatic hydroxyl groups is 1. The van der Waals surface area contributed by atoms with Crippen LogP contribution in [-0.2, 0) is 5.41 Å². The van der Waals surface area contributed by atoms with Gasteiger partial charge in [-0.2, -0.15) is 0 Å². The van der Waals surface area contributed by atoms with Crippen molar-refractivity contribution >= 4 is 17.8 Å². The average molecular weight is 361 g/mol. The summed E-state index contributed by atoms with van der Waals surface area (Å²) >= 11 is 0. The van der Waals surface area contributed by atoms with Gasteiger partial charge in [-0.1, -0.05) is 45.1 Å². The largest absolute Gasteiger partial charge is 0.507 e. The van der Waals surface area contributed by atoms with Crippen LogP contribution in [0.2, 0.25) is 0 Å². The quantitative estimate of drug-likeness (QED) is 0.482. The van der Waals surface area contributed by atoms with Crippen molar-refractivity contribution in [3.8, 4) is 17.0 Å². The van der Waals surface area contributed by atoms with Crippen LogP contribution in [0, 0.1) is 0 Å². The van der Waals surface area contributed by atoms with E-state index in [1.807, 2.05) is 48.6 Å². The monoisotopic (exact) mass is 361 g/mol. The zero-order valence-corrected chi connectivity index (χ0v) is 15.7. The molecule has 0 fully saturated rings. The van der Waals surface area contributed by atoms with Crippen LogP contribution in [0.5, 0.6) is 5.75 Å². The van der Waals surface area contributed by atoms with Gasteiger partial charge in [0.1, 0.15) is 11.4 Å². The molecular weight excluding hydrogens is 338 g/mol. The van der Waals surface area contributed by atoms with E-state index in [0.29, 0.717) is 16.8 Å². The lowest BCUT2D eigenvalue weighted by molar-refractivity contribution is 0.474. The maximum Gasteiger partial charge on any atom is 0.274 e. The molecule has 4 N–H and O–H groups in total. The first kappa shape index (κ1) is 18.5. The van der Waals surface area contributed by atoms with Gasteiger partial charge in [-0.3, -0.25) is 4.79 Å². The fourth-order valence-electron chi connectivity index (χ4n) is 2.73. The number of nitrogen functional groups attached to an aromatic ring is 1. The van der Waals surface area contributed by atoms with Gasteiger partial charge in [0.2, 0.25) is 0 Å². The number of nitrogens with one attached hydrogen (secondary N) is 1. The minimum atomic E-state index is -0.340. The van der Waals surface area contributed by atoms with Crippen molar-refractivity contribution in [2.24, 2.45) is 0 Å². The normalized spacial score (nSPS) is 11.8. The van der Waals surface area contributed by atoms with Crippen LogP contribution in [0.15, 0.2) is 53.6 Å². The summed E-state index contributed by atoms with van der Waals surface area (Å²) in [6.07, 6.45) is 6.70. The summed E-state index contributed by atoms with van der Waals surface area (Å²) in [5, 5.41) is 10.8. The van der Waals surface area contributed by atoms with Crippen molar-refractivity contribution in [1.29, 1.82) is 0 Å². The van der Waals surface area contributed by atoms with Gasteiger partial charge in [0.25, 0.3) is 5.56 Å². The highest BCUT2D eigenvalue weighted by molar-refractivity contribution is 5.80. The smallest absolute Gasteiger partial charge is 0.274 e. The second kappa shape index (κ2) is 7.11. The summed E-state index contributed by atoms with van der Waals surface area (Å²) in [6.45, 7) is 6.25. The Balaban J connectivity index is 2.16. The van der Waals surface area contributed by atoms with Crippen LogP contribution in [-0.4, -0.2) is 15.1 Å². The molecule has 0 radical (unpaired) electrons. The summed E-state index contributed by atoms with van der Waals surface area (Å²) in [5.74, 6) is 0.0268.